The van der Waals surface area contributed by atoms with E-state index in [1.807, 2.05) is 6.92 Å². The monoisotopic (exact) mass is 215 g/mol. The van der Waals surface area contributed by atoms with Crippen molar-refractivity contribution in [1.29, 1.82) is 0 Å². The Labute approximate surface area is 91.3 Å². The third kappa shape index (κ3) is 6.96. The number of nitrogens with one attached hydrogen (secondary N) is 1. The van der Waals surface area contributed by atoms with Crippen molar-refractivity contribution in [2.45, 2.75) is 39.4 Å². The Balaban J connectivity index is 3.86. The number of carbonyl (C=O) groups excluding carboxylic acids is 1. The number of ether oxygens (including phenoxy) is 1. The number of alkyl carbamates (subject to hydrolysis) is 1. The van der Waals surface area contributed by atoms with Gasteiger partial charge in [-0.05, 0) is 20.8 Å². The third-order valence-corrected chi connectivity index (χ3v) is 1.83. The van der Waals surface area contributed by atoms with E-state index in [9.17, 15) is 9.90 Å². The molecule has 0 aromatic rings. The molecule has 2 atom stereocenters. The maximum Gasteiger partial charge on any atom is 0.407 e. The van der Waals surface area contributed by atoms with Crippen LogP contribution in [0.1, 0.15) is 27.7 Å². The molecule has 1 amide bonds. The molecule has 4 nitrogen and oxygen atoms in total. The maximum absolute atomic E-state index is 11.2. The van der Waals surface area contributed by atoms with E-state index in [0.29, 0.717) is 0 Å². The first kappa shape index (κ1) is 14.0. The molecule has 0 rings (SSSR count). The Hall–Kier alpha value is -1.03. The SMILES string of the molecule is C=CC(C)C(O)CNC(=O)OC(C)(C)C. The zero-order valence-corrected chi connectivity index (χ0v) is 9.91. The van der Waals surface area contributed by atoms with E-state index in [-0.39, 0.29) is 12.5 Å². The van der Waals surface area contributed by atoms with Crippen LogP contribution in [0.2, 0.25) is 0 Å². The minimum absolute atomic E-state index is 0.0556. The van der Waals surface area contributed by atoms with Gasteiger partial charge in [-0.3, -0.25) is 0 Å². The number of aliphatic hydroxyl groups excluding tert-OH is 1. The van der Waals surface area contributed by atoms with Gasteiger partial charge in [0.2, 0.25) is 0 Å². The summed E-state index contributed by atoms with van der Waals surface area (Å²) in [6.45, 7) is 10.9. The summed E-state index contributed by atoms with van der Waals surface area (Å²) in [5.41, 5.74) is -0.515. The zero-order chi connectivity index (χ0) is 12.1. The number of carbonyl (C=O) groups is 1. The van der Waals surface area contributed by atoms with E-state index in [4.69, 9.17) is 4.74 Å². The van der Waals surface area contributed by atoms with E-state index < -0.39 is 17.8 Å². The molecule has 0 aromatic heterocycles. The van der Waals surface area contributed by atoms with E-state index in [1.165, 1.54) is 0 Å². The highest BCUT2D eigenvalue weighted by Gasteiger charge is 2.17. The molecule has 0 heterocycles. The summed E-state index contributed by atoms with van der Waals surface area (Å²) in [4.78, 5) is 11.2. The van der Waals surface area contributed by atoms with Crippen LogP contribution in [0.3, 0.4) is 0 Å². The molecular formula is C11H21NO3. The van der Waals surface area contributed by atoms with Gasteiger partial charge in [0.15, 0.2) is 0 Å². The topological polar surface area (TPSA) is 58.6 Å². The van der Waals surface area contributed by atoms with Gasteiger partial charge in [0, 0.05) is 12.5 Å². The fraction of sp³-hybridized carbons (Fsp3) is 0.727. The zero-order valence-electron chi connectivity index (χ0n) is 9.91. The minimum Gasteiger partial charge on any atom is -0.444 e. The van der Waals surface area contributed by atoms with E-state index in [1.54, 1.807) is 26.8 Å². The molecule has 15 heavy (non-hydrogen) atoms. The van der Waals surface area contributed by atoms with Crippen molar-refractivity contribution in [3.05, 3.63) is 12.7 Å². The highest BCUT2D eigenvalue weighted by atomic mass is 16.6. The van der Waals surface area contributed by atoms with Crippen LogP contribution in [0.4, 0.5) is 4.79 Å². The molecule has 0 aliphatic carbocycles. The predicted molar refractivity (Wildman–Crippen MR) is 59.6 cm³/mol. The van der Waals surface area contributed by atoms with E-state index >= 15 is 0 Å². The highest BCUT2D eigenvalue weighted by Crippen LogP contribution is 2.07. The van der Waals surface area contributed by atoms with Crippen molar-refractivity contribution in [3.63, 3.8) is 0 Å². The Morgan fingerprint density at radius 1 is 1.60 bits per heavy atom. The maximum atomic E-state index is 11.2. The van der Waals surface area contributed by atoms with E-state index in [2.05, 4.69) is 11.9 Å². The lowest BCUT2D eigenvalue weighted by molar-refractivity contribution is 0.0476. The van der Waals surface area contributed by atoms with Gasteiger partial charge in [-0.1, -0.05) is 13.0 Å². The molecule has 0 spiro atoms. The van der Waals surface area contributed by atoms with Crippen molar-refractivity contribution in [3.8, 4) is 0 Å². The Morgan fingerprint density at radius 3 is 2.53 bits per heavy atom. The first-order valence-corrected chi connectivity index (χ1v) is 5.03. The summed E-state index contributed by atoms with van der Waals surface area (Å²) in [6.07, 6.45) is 0.495. The molecule has 0 radical (unpaired) electrons. The second kappa shape index (κ2) is 5.75. The summed E-state index contributed by atoms with van der Waals surface area (Å²) in [6, 6.07) is 0. The molecule has 2 unspecified atom stereocenters. The smallest absolute Gasteiger partial charge is 0.407 e. The Kier molecular flexibility index (Phi) is 5.36. The van der Waals surface area contributed by atoms with Gasteiger partial charge in [0.05, 0.1) is 6.10 Å². The van der Waals surface area contributed by atoms with Crippen molar-refractivity contribution in [2.75, 3.05) is 6.54 Å². The molecule has 4 heteroatoms. The molecule has 88 valence electrons. The van der Waals surface area contributed by atoms with Crippen LogP contribution in [-0.2, 0) is 4.74 Å². The van der Waals surface area contributed by atoms with Gasteiger partial charge in [-0.2, -0.15) is 0 Å². The molecule has 2 N–H and O–H groups in total. The lowest BCUT2D eigenvalue weighted by atomic mass is 10.1. The molecule has 0 fully saturated rings. The minimum atomic E-state index is -0.630. The van der Waals surface area contributed by atoms with Gasteiger partial charge in [0.1, 0.15) is 5.60 Å². The van der Waals surface area contributed by atoms with Crippen molar-refractivity contribution in [1.82, 2.24) is 5.32 Å². The summed E-state index contributed by atoms with van der Waals surface area (Å²) in [5.74, 6) is -0.0556. The predicted octanol–water partition coefficient (Wildman–Crippen LogP) is 1.69. The van der Waals surface area contributed by atoms with Crippen LogP contribution in [0, 0.1) is 5.92 Å². The standard InChI is InChI=1S/C11H21NO3/c1-6-8(2)9(13)7-12-10(14)15-11(3,4)5/h6,8-9,13H,1,7H2,2-5H3,(H,12,14). The second-order valence-electron chi connectivity index (χ2n) is 4.54. The molecule has 0 aromatic carbocycles. The number of rotatable bonds is 4. The molecule has 0 aliphatic rings. The lowest BCUT2D eigenvalue weighted by Crippen LogP contribution is -2.38. The first-order valence-electron chi connectivity index (χ1n) is 5.03. The van der Waals surface area contributed by atoms with Gasteiger partial charge in [-0.25, -0.2) is 4.79 Å². The van der Waals surface area contributed by atoms with Crippen LogP contribution >= 0.6 is 0 Å². The van der Waals surface area contributed by atoms with Crippen LogP contribution < -0.4 is 5.32 Å². The number of amides is 1. The van der Waals surface area contributed by atoms with Gasteiger partial charge in [0.25, 0.3) is 0 Å². The molecule has 0 saturated carbocycles. The van der Waals surface area contributed by atoms with Crippen molar-refractivity contribution >= 4 is 6.09 Å². The van der Waals surface area contributed by atoms with E-state index in [0.717, 1.165) is 0 Å². The largest absolute Gasteiger partial charge is 0.444 e. The fourth-order valence-corrected chi connectivity index (χ4v) is 0.845. The van der Waals surface area contributed by atoms with Crippen LogP contribution in [0.15, 0.2) is 12.7 Å². The Bertz CT molecular complexity index is 220. The van der Waals surface area contributed by atoms with Crippen LogP contribution in [-0.4, -0.2) is 29.4 Å². The lowest BCUT2D eigenvalue weighted by Gasteiger charge is -2.21. The summed E-state index contributed by atoms with van der Waals surface area (Å²) >= 11 is 0. The summed E-state index contributed by atoms with van der Waals surface area (Å²) in [5, 5.41) is 12.0. The normalized spacial score (nSPS) is 15.3. The summed E-state index contributed by atoms with van der Waals surface area (Å²) in [7, 11) is 0. The number of aliphatic hydroxyl groups is 1. The fourth-order valence-electron chi connectivity index (χ4n) is 0.845. The molecular weight excluding hydrogens is 194 g/mol. The molecule has 0 saturated heterocycles. The summed E-state index contributed by atoms with van der Waals surface area (Å²) < 4.78 is 5.01. The average molecular weight is 215 g/mol. The average Bonchev–Trinajstić information content (AvgIpc) is 2.10. The van der Waals surface area contributed by atoms with Crippen LogP contribution in [0.25, 0.3) is 0 Å². The molecule has 0 bridgehead atoms. The number of hydrogen-bond acceptors (Lipinski definition) is 3. The van der Waals surface area contributed by atoms with Crippen LogP contribution in [0.5, 0.6) is 0 Å². The van der Waals surface area contributed by atoms with Gasteiger partial charge in [-0.15, -0.1) is 6.58 Å². The number of hydrogen-bond donors (Lipinski definition) is 2. The first-order chi connectivity index (χ1) is 6.76. The van der Waals surface area contributed by atoms with Crippen molar-refractivity contribution < 1.29 is 14.6 Å². The Morgan fingerprint density at radius 2 is 2.13 bits per heavy atom. The second-order valence-corrected chi connectivity index (χ2v) is 4.54. The third-order valence-electron chi connectivity index (χ3n) is 1.83. The molecule has 0 aliphatic heterocycles. The highest BCUT2D eigenvalue weighted by molar-refractivity contribution is 5.67. The van der Waals surface area contributed by atoms with Crippen molar-refractivity contribution in [2.24, 2.45) is 5.92 Å². The van der Waals surface area contributed by atoms with Gasteiger partial charge >= 0.3 is 6.09 Å². The quantitative estimate of drug-likeness (QED) is 0.702. The van der Waals surface area contributed by atoms with Gasteiger partial charge < -0.3 is 15.2 Å².